The first kappa shape index (κ1) is 16.2. The molecule has 1 heterocycles. The number of rotatable bonds is 4. The zero-order chi connectivity index (χ0) is 15.6. The van der Waals surface area contributed by atoms with Crippen molar-refractivity contribution in [2.45, 2.75) is 25.2 Å². The maximum absolute atomic E-state index is 12.7. The average Bonchev–Trinajstić information content (AvgIpc) is 2.79. The Balaban J connectivity index is 2.79. The molecule has 112 valence electrons. The quantitative estimate of drug-likeness (QED) is 0.886. The summed E-state index contributed by atoms with van der Waals surface area (Å²) in [7, 11) is 1.24. The van der Waals surface area contributed by atoms with Gasteiger partial charge in [0.15, 0.2) is 0 Å². The van der Waals surface area contributed by atoms with E-state index in [9.17, 15) is 22.8 Å². The van der Waals surface area contributed by atoms with Crippen LogP contribution in [0, 0.1) is 0 Å². The summed E-state index contributed by atoms with van der Waals surface area (Å²) in [6, 6.07) is -1.15. The number of nitrogens with zero attached hydrogens (tertiary/aromatic N) is 2. The van der Waals surface area contributed by atoms with E-state index in [-0.39, 0.29) is 6.54 Å². The second-order valence-electron chi connectivity index (χ2n) is 4.19. The first-order chi connectivity index (χ1) is 9.08. The predicted octanol–water partition coefficient (Wildman–Crippen LogP) is 1.69. The highest BCUT2D eigenvalue weighted by atomic mass is 32.1. The van der Waals surface area contributed by atoms with Gasteiger partial charge in [0.25, 0.3) is 0 Å². The van der Waals surface area contributed by atoms with Gasteiger partial charge in [0.05, 0.1) is 17.7 Å². The minimum atomic E-state index is -5.12. The number of aliphatic carboxylic acids is 1. The molecule has 1 unspecified atom stereocenters. The van der Waals surface area contributed by atoms with Gasteiger partial charge in [0.2, 0.25) is 5.54 Å². The van der Waals surface area contributed by atoms with Gasteiger partial charge in [-0.2, -0.15) is 13.2 Å². The molecule has 0 spiro atoms. The molecule has 2 amide bonds. The molecule has 10 heteroatoms. The molecule has 0 aliphatic heterocycles. The molecule has 1 rings (SSSR count). The van der Waals surface area contributed by atoms with Crippen LogP contribution >= 0.6 is 11.3 Å². The van der Waals surface area contributed by atoms with Gasteiger partial charge >= 0.3 is 18.2 Å². The fourth-order valence-electron chi connectivity index (χ4n) is 1.19. The Morgan fingerprint density at radius 2 is 2.10 bits per heavy atom. The molecule has 1 atom stereocenters. The van der Waals surface area contributed by atoms with E-state index in [2.05, 4.69) is 4.98 Å². The number of urea groups is 1. The van der Waals surface area contributed by atoms with Crippen molar-refractivity contribution in [3.63, 3.8) is 0 Å². The van der Waals surface area contributed by atoms with Crippen molar-refractivity contribution >= 4 is 23.3 Å². The van der Waals surface area contributed by atoms with E-state index in [1.165, 1.54) is 29.2 Å². The number of nitrogens with one attached hydrogen (secondary N) is 1. The van der Waals surface area contributed by atoms with E-state index in [1.807, 2.05) is 0 Å². The Morgan fingerprint density at radius 3 is 2.50 bits per heavy atom. The summed E-state index contributed by atoms with van der Waals surface area (Å²) >= 11 is 1.27. The molecule has 2 N–H and O–H groups in total. The Kier molecular flexibility index (Phi) is 4.58. The molecule has 0 aliphatic carbocycles. The maximum atomic E-state index is 12.7. The van der Waals surface area contributed by atoms with Crippen molar-refractivity contribution in [2.75, 3.05) is 7.05 Å². The van der Waals surface area contributed by atoms with E-state index in [0.717, 1.165) is 4.90 Å². The summed E-state index contributed by atoms with van der Waals surface area (Å²) in [6.07, 6.45) is -5.12. The lowest BCUT2D eigenvalue weighted by atomic mass is 10.0. The molecule has 1 aromatic rings. The van der Waals surface area contributed by atoms with E-state index in [1.54, 1.807) is 5.38 Å². The van der Waals surface area contributed by atoms with Crippen LogP contribution < -0.4 is 5.32 Å². The number of carbonyl (C=O) groups is 2. The highest BCUT2D eigenvalue weighted by Crippen LogP contribution is 2.30. The number of carboxylic acids is 1. The van der Waals surface area contributed by atoms with Crippen LogP contribution in [0.25, 0.3) is 0 Å². The van der Waals surface area contributed by atoms with Gasteiger partial charge < -0.3 is 15.3 Å². The highest BCUT2D eigenvalue weighted by Gasteiger charge is 2.58. The summed E-state index contributed by atoms with van der Waals surface area (Å²) in [5.41, 5.74) is -1.34. The number of carbonyl (C=O) groups excluding carboxylic acids is 1. The third kappa shape index (κ3) is 3.38. The molecule has 0 aromatic carbocycles. The minimum Gasteiger partial charge on any atom is -0.479 e. The summed E-state index contributed by atoms with van der Waals surface area (Å²) < 4.78 is 38.2. The molecule has 20 heavy (non-hydrogen) atoms. The molecule has 0 aliphatic rings. The Bertz CT molecular complexity index is 492. The Morgan fingerprint density at radius 1 is 1.50 bits per heavy atom. The molecule has 0 radical (unpaired) electrons. The van der Waals surface area contributed by atoms with Crippen molar-refractivity contribution in [1.29, 1.82) is 0 Å². The second kappa shape index (κ2) is 5.65. The van der Waals surface area contributed by atoms with Crippen LogP contribution in [-0.4, -0.2) is 45.8 Å². The molecule has 0 bridgehead atoms. The standard InChI is InChI=1S/C10H12F3N3O3S/c1-9(7(17)18,10(11,12)13)15-8(19)16(2)3-6-4-20-5-14-6/h4-5H,3H2,1-2H3,(H,15,19)(H,17,18). The van der Waals surface area contributed by atoms with Crippen molar-refractivity contribution in [1.82, 2.24) is 15.2 Å². The largest absolute Gasteiger partial charge is 0.479 e. The highest BCUT2D eigenvalue weighted by molar-refractivity contribution is 7.07. The van der Waals surface area contributed by atoms with Crippen molar-refractivity contribution in [2.24, 2.45) is 0 Å². The molecular formula is C10H12F3N3O3S. The summed E-state index contributed by atoms with van der Waals surface area (Å²) in [5, 5.41) is 11.8. The minimum absolute atomic E-state index is 0.0249. The van der Waals surface area contributed by atoms with E-state index in [0.29, 0.717) is 12.6 Å². The molecular weight excluding hydrogens is 299 g/mol. The number of carboxylic acid groups (broad SMARTS) is 1. The van der Waals surface area contributed by atoms with Crippen molar-refractivity contribution < 1.29 is 27.9 Å². The lowest BCUT2D eigenvalue weighted by molar-refractivity contribution is -0.203. The van der Waals surface area contributed by atoms with Crippen LogP contribution in [0.1, 0.15) is 12.6 Å². The van der Waals surface area contributed by atoms with Gasteiger partial charge in [0, 0.05) is 12.4 Å². The first-order valence-electron chi connectivity index (χ1n) is 5.28. The molecule has 1 aromatic heterocycles. The van der Waals surface area contributed by atoms with E-state index in [4.69, 9.17) is 5.11 Å². The fraction of sp³-hybridized carbons (Fsp3) is 0.500. The lowest BCUT2D eigenvalue weighted by Gasteiger charge is -2.30. The third-order valence-corrected chi connectivity index (χ3v) is 3.22. The monoisotopic (exact) mass is 311 g/mol. The molecule has 0 saturated heterocycles. The lowest BCUT2D eigenvalue weighted by Crippen LogP contribution is -2.63. The first-order valence-corrected chi connectivity index (χ1v) is 6.22. The summed E-state index contributed by atoms with van der Waals surface area (Å²) in [4.78, 5) is 27.2. The number of alkyl halides is 3. The average molecular weight is 311 g/mol. The van der Waals surface area contributed by atoms with Gasteiger partial charge in [-0.15, -0.1) is 11.3 Å². The second-order valence-corrected chi connectivity index (χ2v) is 4.91. The zero-order valence-electron chi connectivity index (χ0n) is 10.6. The predicted molar refractivity (Wildman–Crippen MR) is 64.2 cm³/mol. The van der Waals surface area contributed by atoms with Gasteiger partial charge in [-0.05, 0) is 6.92 Å². The van der Waals surface area contributed by atoms with Crippen molar-refractivity contribution in [3.8, 4) is 0 Å². The summed E-state index contributed by atoms with van der Waals surface area (Å²) in [5.74, 6) is -2.18. The SMILES string of the molecule is CN(Cc1cscn1)C(=O)NC(C)(C(=O)O)C(F)(F)F. The van der Waals surface area contributed by atoms with Gasteiger partial charge in [-0.25, -0.2) is 14.6 Å². The van der Waals surface area contributed by atoms with Crippen LogP contribution in [0.15, 0.2) is 10.9 Å². The van der Waals surface area contributed by atoms with Crippen LogP contribution in [-0.2, 0) is 11.3 Å². The molecule has 0 saturated carbocycles. The van der Waals surface area contributed by atoms with Gasteiger partial charge in [-0.3, -0.25) is 0 Å². The maximum Gasteiger partial charge on any atom is 0.422 e. The number of halogens is 3. The number of aromatic nitrogens is 1. The Hall–Kier alpha value is -1.84. The van der Waals surface area contributed by atoms with Crippen LogP contribution in [0.2, 0.25) is 0 Å². The topological polar surface area (TPSA) is 82.5 Å². The van der Waals surface area contributed by atoms with Crippen LogP contribution in [0.5, 0.6) is 0 Å². The van der Waals surface area contributed by atoms with E-state index < -0.39 is 23.7 Å². The van der Waals surface area contributed by atoms with Gasteiger partial charge in [-0.1, -0.05) is 0 Å². The summed E-state index contributed by atoms with van der Waals surface area (Å²) in [6.45, 7) is 0.368. The van der Waals surface area contributed by atoms with Crippen LogP contribution in [0.3, 0.4) is 0 Å². The van der Waals surface area contributed by atoms with Crippen molar-refractivity contribution in [3.05, 3.63) is 16.6 Å². The zero-order valence-corrected chi connectivity index (χ0v) is 11.4. The third-order valence-electron chi connectivity index (χ3n) is 2.58. The number of hydrogen-bond donors (Lipinski definition) is 2. The fourth-order valence-corrected chi connectivity index (χ4v) is 1.73. The molecule has 0 fully saturated rings. The van der Waals surface area contributed by atoms with Gasteiger partial charge in [0.1, 0.15) is 0 Å². The number of thiazole rings is 1. The van der Waals surface area contributed by atoms with E-state index >= 15 is 0 Å². The van der Waals surface area contributed by atoms with Crippen LogP contribution in [0.4, 0.5) is 18.0 Å². The normalized spacial score (nSPS) is 14.4. The molecule has 6 nitrogen and oxygen atoms in total. The Labute approximate surface area is 116 Å². The number of amides is 2. The number of hydrogen-bond acceptors (Lipinski definition) is 4. The smallest absolute Gasteiger partial charge is 0.422 e.